The number of unbranched alkanes of at least 4 members (excludes halogenated alkanes) is 1. The molecule has 0 aliphatic carbocycles. The van der Waals surface area contributed by atoms with Gasteiger partial charge < -0.3 is 4.18 Å². The zero-order valence-electron chi connectivity index (χ0n) is 18.5. The molecule has 0 aliphatic rings. The summed E-state index contributed by atoms with van der Waals surface area (Å²) in [7, 11) is -4.39. The topological polar surface area (TPSA) is 84.8 Å². The third-order valence-corrected chi connectivity index (χ3v) is 6.19. The highest BCUT2D eigenvalue weighted by Crippen LogP contribution is 2.30. The molecule has 1 amide bonds. The van der Waals surface area contributed by atoms with Crippen LogP contribution in [0.25, 0.3) is 0 Å². The molecule has 0 atom stereocenters. The average Bonchev–Trinajstić information content (AvgIpc) is 2.83. The number of halogens is 3. The number of nitrogens with zero attached hydrogens (tertiary/aromatic N) is 1. The Morgan fingerprint density at radius 3 is 2.26 bits per heavy atom. The second-order valence-electron chi connectivity index (χ2n) is 7.58. The van der Waals surface area contributed by atoms with Gasteiger partial charge in [-0.2, -0.15) is 26.7 Å². The maximum absolute atomic E-state index is 12.7. The van der Waals surface area contributed by atoms with Crippen molar-refractivity contribution in [3.05, 3.63) is 95.6 Å². The Morgan fingerprint density at radius 1 is 0.914 bits per heavy atom. The van der Waals surface area contributed by atoms with Crippen LogP contribution in [0.4, 0.5) is 13.2 Å². The fourth-order valence-corrected chi connectivity index (χ4v) is 4.08. The van der Waals surface area contributed by atoms with Crippen LogP contribution in [0.3, 0.4) is 0 Å². The lowest BCUT2D eigenvalue weighted by molar-refractivity contribution is -0.137. The van der Waals surface area contributed by atoms with Crippen molar-refractivity contribution < 1.29 is 30.6 Å². The van der Waals surface area contributed by atoms with Gasteiger partial charge >= 0.3 is 16.3 Å². The number of alkyl halides is 3. The van der Waals surface area contributed by atoms with Crippen molar-refractivity contribution >= 4 is 22.2 Å². The van der Waals surface area contributed by atoms with Crippen molar-refractivity contribution in [1.29, 1.82) is 0 Å². The summed E-state index contributed by atoms with van der Waals surface area (Å²) in [4.78, 5) is 11.6. The average molecular weight is 505 g/mol. The molecule has 0 unspecified atom stereocenters. The van der Waals surface area contributed by atoms with Crippen LogP contribution in [0, 0.1) is 0 Å². The van der Waals surface area contributed by atoms with Crippen LogP contribution < -0.4 is 9.61 Å². The Hall–Kier alpha value is -3.66. The van der Waals surface area contributed by atoms with Gasteiger partial charge in [0.1, 0.15) is 4.90 Å². The van der Waals surface area contributed by atoms with Gasteiger partial charge in [0.05, 0.1) is 11.8 Å². The Balaban J connectivity index is 1.56. The summed E-state index contributed by atoms with van der Waals surface area (Å²) in [5.74, 6) is -0.377. The molecule has 0 saturated carbocycles. The monoisotopic (exact) mass is 504 g/mol. The molecule has 0 radical (unpaired) electrons. The number of carbonyl (C=O) groups is 1. The highest BCUT2D eigenvalue weighted by atomic mass is 32.2. The number of aryl methyl sites for hydroxylation is 1. The van der Waals surface area contributed by atoms with Gasteiger partial charge in [-0.05, 0) is 61.2 Å². The first-order valence-electron chi connectivity index (χ1n) is 10.7. The van der Waals surface area contributed by atoms with E-state index in [2.05, 4.69) is 10.5 Å². The van der Waals surface area contributed by atoms with Crippen LogP contribution in [-0.2, 0) is 27.5 Å². The van der Waals surface area contributed by atoms with Crippen LogP contribution in [-0.4, -0.2) is 20.5 Å². The number of para-hydroxylation sites is 1. The molecule has 0 fully saturated rings. The number of hydrazone groups is 1. The molecule has 0 aromatic heterocycles. The molecule has 3 aromatic rings. The maximum Gasteiger partial charge on any atom is 0.416 e. The molecule has 6 nitrogen and oxygen atoms in total. The zero-order chi connectivity index (χ0) is 25.3. The maximum atomic E-state index is 12.7. The number of benzene rings is 3. The van der Waals surface area contributed by atoms with E-state index in [1.807, 2.05) is 30.3 Å². The summed E-state index contributed by atoms with van der Waals surface area (Å²) in [5.41, 5.74) is 2.88. The smallest absolute Gasteiger partial charge is 0.378 e. The van der Waals surface area contributed by atoms with E-state index in [1.54, 1.807) is 6.07 Å². The van der Waals surface area contributed by atoms with Gasteiger partial charge in [0.2, 0.25) is 5.91 Å². The normalized spacial score (nSPS) is 12.0. The first-order valence-corrected chi connectivity index (χ1v) is 12.1. The van der Waals surface area contributed by atoms with E-state index in [0.29, 0.717) is 18.6 Å². The number of amides is 1. The van der Waals surface area contributed by atoms with Crippen molar-refractivity contribution in [1.82, 2.24) is 5.43 Å². The van der Waals surface area contributed by atoms with E-state index in [1.165, 1.54) is 30.0 Å². The van der Waals surface area contributed by atoms with Gasteiger partial charge in [0.25, 0.3) is 0 Å². The van der Waals surface area contributed by atoms with E-state index in [-0.39, 0.29) is 23.6 Å². The molecular weight excluding hydrogens is 481 g/mol. The summed E-state index contributed by atoms with van der Waals surface area (Å²) in [5, 5.41) is 3.86. The van der Waals surface area contributed by atoms with Crippen molar-refractivity contribution in [3.63, 3.8) is 0 Å². The fraction of sp³-hybridized carbons (Fsp3) is 0.200. The van der Waals surface area contributed by atoms with Crippen molar-refractivity contribution in [3.8, 4) is 5.75 Å². The second-order valence-corrected chi connectivity index (χ2v) is 9.13. The van der Waals surface area contributed by atoms with Crippen LogP contribution in [0.2, 0.25) is 0 Å². The standard InChI is InChI=1S/C25H23F3N2O4S/c26-25(27,28)21-14-16-22(17-15-21)35(32,33)34-23-12-6-5-11-20(23)18-29-30-24(31)13-7-4-10-19-8-2-1-3-9-19/h1-3,5-6,8-9,11-12,14-18H,4,7,10,13H2,(H,30,31)/b29-18+. The minimum Gasteiger partial charge on any atom is -0.378 e. The number of hydrogen-bond acceptors (Lipinski definition) is 5. The number of rotatable bonds is 10. The van der Waals surface area contributed by atoms with Gasteiger partial charge in [-0.15, -0.1) is 0 Å². The van der Waals surface area contributed by atoms with E-state index in [9.17, 15) is 26.4 Å². The first kappa shape index (κ1) is 26.0. The zero-order valence-corrected chi connectivity index (χ0v) is 19.4. The lowest BCUT2D eigenvalue weighted by atomic mass is 10.1. The summed E-state index contributed by atoms with van der Waals surface area (Å²) >= 11 is 0. The van der Waals surface area contributed by atoms with E-state index in [0.717, 1.165) is 25.0 Å². The quantitative estimate of drug-likeness (QED) is 0.175. The minimum atomic E-state index is -4.58. The first-order chi connectivity index (χ1) is 16.6. The Morgan fingerprint density at radius 2 is 1.57 bits per heavy atom. The van der Waals surface area contributed by atoms with Crippen molar-refractivity contribution in [2.75, 3.05) is 0 Å². The number of carbonyl (C=O) groups excluding carboxylic acids is 1. The van der Waals surface area contributed by atoms with Gasteiger partial charge in [0, 0.05) is 12.0 Å². The fourth-order valence-electron chi connectivity index (χ4n) is 3.13. The summed E-state index contributed by atoms with van der Waals surface area (Å²) in [6, 6.07) is 19.0. The Kier molecular flexibility index (Phi) is 8.64. The molecule has 0 bridgehead atoms. The Labute approximate surface area is 201 Å². The van der Waals surface area contributed by atoms with Gasteiger partial charge in [-0.25, -0.2) is 5.43 Å². The minimum absolute atomic E-state index is 0.0896. The molecule has 3 aromatic carbocycles. The molecular formula is C25H23F3N2O4S. The largest absolute Gasteiger partial charge is 0.416 e. The highest BCUT2D eigenvalue weighted by Gasteiger charge is 2.31. The summed E-state index contributed by atoms with van der Waals surface area (Å²) < 4.78 is 68.3. The van der Waals surface area contributed by atoms with Crippen LogP contribution in [0.5, 0.6) is 5.75 Å². The SMILES string of the molecule is O=C(CCCCc1ccccc1)N/N=C/c1ccccc1OS(=O)(=O)c1ccc(C(F)(F)F)cc1. The van der Waals surface area contributed by atoms with Crippen LogP contribution in [0.15, 0.2) is 88.9 Å². The highest BCUT2D eigenvalue weighted by molar-refractivity contribution is 7.87. The molecule has 10 heteroatoms. The van der Waals surface area contributed by atoms with E-state index < -0.39 is 26.8 Å². The third kappa shape index (κ3) is 7.96. The van der Waals surface area contributed by atoms with Crippen molar-refractivity contribution in [2.24, 2.45) is 5.10 Å². The lowest BCUT2D eigenvalue weighted by Gasteiger charge is -2.11. The molecule has 184 valence electrons. The van der Waals surface area contributed by atoms with Gasteiger partial charge in [0.15, 0.2) is 5.75 Å². The van der Waals surface area contributed by atoms with E-state index in [4.69, 9.17) is 4.18 Å². The van der Waals surface area contributed by atoms with Crippen LogP contribution in [0.1, 0.15) is 36.0 Å². The number of hydrogen-bond donors (Lipinski definition) is 1. The molecule has 0 aliphatic heterocycles. The molecule has 0 saturated heterocycles. The van der Waals surface area contributed by atoms with Gasteiger partial charge in [-0.1, -0.05) is 42.5 Å². The molecule has 3 rings (SSSR count). The van der Waals surface area contributed by atoms with Crippen molar-refractivity contribution in [2.45, 2.75) is 36.8 Å². The predicted octanol–water partition coefficient (Wildman–Crippen LogP) is 5.34. The lowest BCUT2D eigenvalue weighted by Crippen LogP contribution is -2.17. The summed E-state index contributed by atoms with van der Waals surface area (Å²) in [6.45, 7) is 0. The molecule has 1 N–H and O–H groups in total. The van der Waals surface area contributed by atoms with Gasteiger partial charge in [-0.3, -0.25) is 4.79 Å². The Bertz CT molecular complexity index is 1260. The molecule has 0 heterocycles. The summed E-state index contributed by atoms with van der Waals surface area (Å²) in [6.07, 6.45) is -0.668. The predicted molar refractivity (Wildman–Crippen MR) is 125 cm³/mol. The number of nitrogens with one attached hydrogen (secondary N) is 1. The molecule has 35 heavy (non-hydrogen) atoms. The second kappa shape index (κ2) is 11.7. The third-order valence-electron chi connectivity index (χ3n) is 4.94. The van der Waals surface area contributed by atoms with E-state index >= 15 is 0 Å². The molecule has 0 spiro atoms. The van der Waals surface area contributed by atoms with Crippen LogP contribution >= 0.6 is 0 Å².